The lowest BCUT2D eigenvalue weighted by Gasteiger charge is -2.10. The Morgan fingerprint density at radius 2 is 2.10 bits per heavy atom. The zero-order valence-corrected chi connectivity index (χ0v) is 10.6. The van der Waals surface area contributed by atoms with Crippen molar-refractivity contribution in [3.8, 4) is 0 Å². The monoisotopic (exact) mass is 294 g/mol. The van der Waals surface area contributed by atoms with Gasteiger partial charge in [0.1, 0.15) is 0 Å². The molecule has 1 rings (SSSR count). The number of alkyl halides is 3. The summed E-state index contributed by atoms with van der Waals surface area (Å²) < 4.78 is 45.6. The third-order valence-corrected chi connectivity index (χ3v) is 2.13. The molecule has 9 heteroatoms. The summed E-state index contributed by atoms with van der Waals surface area (Å²) in [6, 6.07) is 2.44. The minimum atomic E-state index is -4.59. The zero-order chi connectivity index (χ0) is 15.2. The first-order valence-electron chi connectivity index (χ1n) is 5.52. The Hall–Kier alpha value is -2.03. The van der Waals surface area contributed by atoms with Gasteiger partial charge in [-0.3, -0.25) is 10.1 Å². The highest BCUT2D eigenvalue weighted by molar-refractivity contribution is 5.84. The van der Waals surface area contributed by atoms with E-state index >= 15 is 0 Å². The van der Waals surface area contributed by atoms with E-state index in [4.69, 9.17) is 4.74 Å². The first kappa shape index (κ1) is 16.0. The molecule has 0 radical (unpaired) electrons. The van der Waals surface area contributed by atoms with Crippen LogP contribution in [-0.4, -0.2) is 37.2 Å². The molecule has 1 amide bonds. The summed E-state index contributed by atoms with van der Waals surface area (Å²) in [5, 5.41) is 2.10. The normalized spacial score (nSPS) is 11.2. The molecule has 0 atom stereocenters. The van der Waals surface area contributed by atoms with E-state index in [1.165, 1.54) is 30.0 Å². The van der Waals surface area contributed by atoms with Crippen LogP contribution < -0.4 is 10.9 Å². The summed E-state index contributed by atoms with van der Waals surface area (Å²) >= 11 is 0. The SMILES string of the molecule is COCCn1cc(NC(=O)OCC(F)(F)F)ccc1=O. The molecule has 0 spiro atoms. The van der Waals surface area contributed by atoms with E-state index in [2.05, 4.69) is 10.1 Å². The van der Waals surface area contributed by atoms with E-state index in [1.807, 2.05) is 0 Å². The Labute approximate surface area is 112 Å². The summed E-state index contributed by atoms with van der Waals surface area (Å²) in [5.74, 6) is 0. The standard InChI is InChI=1S/C11H13F3N2O4/c1-19-5-4-16-6-8(2-3-9(16)17)15-10(18)20-7-11(12,13)14/h2-3,6H,4-5,7H2,1H3,(H,15,18). The third kappa shape index (κ3) is 5.74. The molecule has 1 heterocycles. The van der Waals surface area contributed by atoms with Crippen molar-refractivity contribution >= 4 is 11.8 Å². The van der Waals surface area contributed by atoms with Crippen molar-refractivity contribution in [3.05, 3.63) is 28.7 Å². The fourth-order valence-corrected chi connectivity index (χ4v) is 1.27. The van der Waals surface area contributed by atoms with Crippen molar-refractivity contribution in [2.45, 2.75) is 12.7 Å². The zero-order valence-electron chi connectivity index (χ0n) is 10.6. The maximum absolute atomic E-state index is 11.8. The van der Waals surface area contributed by atoms with Crippen LogP contribution in [0.4, 0.5) is 23.7 Å². The number of hydrogen-bond acceptors (Lipinski definition) is 4. The quantitative estimate of drug-likeness (QED) is 0.895. The predicted octanol–water partition coefficient (Wildman–Crippen LogP) is 1.61. The van der Waals surface area contributed by atoms with Gasteiger partial charge < -0.3 is 14.0 Å². The van der Waals surface area contributed by atoms with Crippen LogP contribution in [-0.2, 0) is 16.0 Å². The summed E-state index contributed by atoms with van der Waals surface area (Å²) in [4.78, 5) is 22.6. The van der Waals surface area contributed by atoms with Crippen LogP contribution in [0.5, 0.6) is 0 Å². The van der Waals surface area contributed by atoms with Crippen molar-refractivity contribution in [2.75, 3.05) is 25.6 Å². The molecule has 0 saturated carbocycles. The number of nitrogens with one attached hydrogen (secondary N) is 1. The summed E-state index contributed by atoms with van der Waals surface area (Å²) in [5.41, 5.74) is -0.177. The average Bonchev–Trinajstić information content (AvgIpc) is 2.36. The Morgan fingerprint density at radius 3 is 2.70 bits per heavy atom. The maximum atomic E-state index is 11.8. The Kier molecular flexibility index (Phi) is 5.56. The second-order valence-electron chi connectivity index (χ2n) is 3.76. The highest BCUT2D eigenvalue weighted by atomic mass is 19.4. The Morgan fingerprint density at radius 1 is 1.40 bits per heavy atom. The van der Waals surface area contributed by atoms with Gasteiger partial charge in [-0.1, -0.05) is 0 Å². The fraction of sp³-hybridized carbons (Fsp3) is 0.455. The molecule has 0 saturated heterocycles. The molecule has 0 aliphatic carbocycles. The number of hydrogen-bond donors (Lipinski definition) is 1. The van der Waals surface area contributed by atoms with Gasteiger partial charge in [0.05, 0.1) is 12.3 Å². The first-order valence-corrected chi connectivity index (χ1v) is 5.52. The summed E-state index contributed by atoms with van der Waals surface area (Å²) in [6.45, 7) is -1.15. The molecule has 6 nitrogen and oxygen atoms in total. The van der Waals surface area contributed by atoms with E-state index in [-0.39, 0.29) is 24.4 Å². The molecule has 0 fully saturated rings. The van der Waals surface area contributed by atoms with Crippen LogP contribution in [0.15, 0.2) is 23.1 Å². The van der Waals surface area contributed by atoms with Crippen LogP contribution in [0.1, 0.15) is 0 Å². The first-order chi connectivity index (χ1) is 9.31. The summed E-state index contributed by atoms with van der Waals surface area (Å²) in [7, 11) is 1.46. The third-order valence-electron chi connectivity index (χ3n) is 2.13. The van der Waals surface area contributed by atoms with Crippen molar-refractivity contribution in [3.63, 3.8) is 0 Å². The van der Waals surface area contributed by atoms with Crippen LogP contribution in [0.3, 0.4) is 0 Å². The van der Waals surface area contributed by atoms with Gasteiger partial charge in [0.15, 0.2) is 6.61 Å². The Bertz CT molecular complexity index is 513. The van der Waals surface area contributed by atoms with Gasteiger partial charge in [0, 0.05) is 25.9 Å². The van der Waals surface area contributed by atoms with E-state index < -0.39 is 18.9 Å². The number of amides is 1. The van der Waals surface area contributed by atoms with Crippen molar-refractivity contribution in [1.29, 1.82) is 0 Å². The number of halogens is 3. The fourth-order valence-electron chi connectivity index (χ4n) is 1.27. The van der Waals surface area contributed by atoms with Gasteiger partial charge in [0.25, 0.3) is 5.56 Å². The molecular formula is C11H13F3N2O4. The molecule has 0 unspecified atom stereocenters. The number of pyridine rings is 1. The number of aromatic nitrogens is 1. The maximum Gasteiger partial charge on any atom is 0.422 e. The van der Waals surface area contributed by atoms with Gasteiger partial charge in [-0.05, 0) is 6.07 Å². The number of carbonyl (C=O) groups is 1. The average molecular weight is 294 g/mol. The van der Waals surface area contributed by atoms with E-state index in [1.54, 1.807) is 0 Å². The topological polar surface area (TPSA) is 69.6 Å². The number of ether oxygens (including phenoxy) is 2. The summed E-state index contributed by atoms with van der Waals surface area (Å²) in [6.07, 6.45) is -4.55. The van der Waals surface area contributed by atoms with Gasteiger partial charge in [-0.25, -0.2) is 4.79 Å². The number of rotatable bonds is 5. The van der Waals surface area contributed by atoms with Crippen LogP contribution in [0, 0.1) is 0 Å². The van der Waals surface area contributed by atoms with Gasteiger partial charge >= 0.3 is 12.3 Å². The molecule has 20 heavy (non-hydrogen) atoms. The van der Waals surface area contributed by atoms with Crippen LogP contribution in [0.2, 0.25) is 0 Å². The lowest BCUT2D eigenvalue weighted by Crippen LogP contribution is -2.25. The molecule has 0 aliphatic heterocycles. The number of methoxy groups -OCH3 is 1. The van der Waals surface area contributed by atoms with E-state index in [0.717, 1.165) is 0 Å². The largest absolute Gasteiger partial charge is 0.440 e. The van der Waals surface area contributed by atoms with E-state index in [0.29, 0.717) is 0 Å². The lowest BCUT2D eigenvalue weighted by molar-refractivity contribution is -0.159. The molecule has 1 N–H and O–H groups in total. The number of carbonyl (C=O) groups excluding carboxylic acids is 1. The lowest BCUT2D eigenvalue weighted by atomic mass is 10.4. The predicted molar refractivity (Wildman–Crippen MR) is 63.6 cm³/mol. The van der Waals surface area contributed by atoms with Crippen molar-refractivity contribution in [2.24, 2.45) is 0 Å². The van der Waals surface area contributed by atoms with Crippen LogP contribution in [0.25, 0.3) is 0 Å². The van der Waals surface area contributed by atoms with Gasteiger partial charge in [-0.2, -0.15) is 13.2 Å². The number of anilines is 1. The van der Waals surface area contributed by atoms with Gasteiger partial charge in [0.2, 0.25) is 0 Å². The second-order valence-corrected chi connectivity index (χ2v) is 3.76. The van der Waals surface area contributed by atoms with Crippen molar-refractivity contribution in [1.82, 2.24) is 4.57 Å². The molecular weight excluding hydrogens is 281 g/mol. The molecule has 1 aromatic heterocycles. The molecule has 112 valence electrons. The van der Waals surface area contributed by atoms with Crippen LogP contribution >= 0.6 is 0 Å². The molecule has 1 aromatic rings. The van der Waals surface area contributed by atoms with Crippen molar-refractivity contribution < 1.29 is 27.4 Å². The second kappa shape index (κ2) is 6.94. The molecule has 0 aromatic carbocycles. The Balaban J connectivity index is 2.63. The molecule has 0 bridgehead atoms. The van der Waals surface area contributed by atoms with Gasteiger partial charge in [-0.15, -0.1) is 0 Å². The smallest absolute Gasteiger partial charge is 0.422 e. The highest BCUT2D eigenvalue weighted by Crippen LogP contribution is 2.15. The molecule has 0 aliphatic rings. The minimum Gasteiger partial charge on any atom is -0.440 e. The minimum absolute atomic E-state index is 0.146. The highest BCUT2D eigenvalue weighted by Gasteiger charge is 2.29. The van der Waals surface area contributed by atoms with E-state index in [9.17, 15) is 22.8 Å². The number of nitrogens with zero attached hydrogens (tertiary/aromatic N) is 1.